The van der Waals surface area contributed by atoms with E-state index in [4.69, 9.17) is 0 Å². The predicted molar refractivity (Wildman–Crippen MR) is 89.1 cm³/mol. The van der Waals surface area contributed by atoms with Crippen LogP contribution in [0.2, 0.25) is 0 Å². The Morgan fingerprint density at radius 1 is 1.40 bits per heavy atom. The van der Waals surface area contributed by atoms with Crippen LogP contribution in [-0.2, 0) is 0 Å². The van der Waals surface area contributed by atoms with Gasteiger partial charge in [-0.3, -0.25) is 4.79 Å². The van der Waals surface area contributed by atoms with Crippen LogP contribution >= 0.6 is 34.4 Å². The lowest BCUT2D eigenvalue weighted by molar-refractivity contribution is 0.748. The van der Waals surface area contributed by atoms with Gasteiger partial charge in [0.05, 0.1) is 5.39 Å². The van der Waals surface area contributed by atoms with Crippen LogP contribution in [0.15, 0.2) is 32.8 Å². The Hall–Kier alpha value is -1.11. The number of rotatable bonds is 4. The third-order valence-electron chi connectivity index (χ3n) is 2.76. The van der Waals surface area contributed by atoms with E-state index in [2.05, 4.69) is 23.8 Å². The van der Waals surface area contributed by atoms with Crippen molar-refractivity contribution in [1.29, 1.82) is 0 Å². The van der Waals surface area contributed by atoms with Gasteiger partial charge in [0.2, 0.25) is 0 Å². The Morgan fingerprint density at radius 3 is 2.95 bits per heavy atom. The van der Waals surface area contributed by atoms with Crippen molar-refractivity contribution in [3.05, 3.63) is 33.2 Å². The summed E-state index contributed by atoms with van der Waals surface area (Å²) in [4.78, 5) is 21.7. The van der Waals surface area contributed by atoms with E-state index in [9.17, 15) is 4.79 Å². The van der Waals surface area contributed by atoms with Crippen LogP contribution in [0.5, 0.6) is 0 Å². The number of fused-ring (bicyclic) bond motifs is 1. The molecule has 0 aliphatic carbocycles. The van der Waals surface area contributed by atoms with Gasteiger partial charge >= 0.3 is 0 Å². The Bertz CT molecular complexity index is 771. The van der Waals surface area contributed by atoms with Crippen molar-refractivity contribution < 1.29 is 0 Å². The molecule has 0 fully saturated rings. The van der Waals surface area contributed by atoms with Crippen molar-refractivity contribution in [1.82, 2.24) is 9.97 Å². The maximum Gasteiger partial charge on any atom is 0.260 e. The molecular formula is C14H14N2OS3. The zero-order valence-electron chi connectivity index (χ0n) is 11.2. The first-order valence-electron chi connectivity index (χ1n) is 6.33. The summed E-state index contributed by atoms with van der Waals surface area (Å²) in [6, 6.07) is 4.03. The molecule has 0 atom stereocenters. The topological polar surface area (TPSA) is 45.8 Å². The first-order valence-corrected chi connectivity index (χ1v) is 9.08. The van der Waals surface area contributed by atoms with E-state index in [-0.39, 0.29) is 5.56 Å². The summed E-state index contributed by atoms with van der Waals surface area (Å²) in [5.41, 5.74) is 0.958. The lowest BCUT2D eigenvalue weighted by Gasteiger charge is -2.03. The van der Waals surface area contributed by atoms with Gasteiger partial charge in [-0.1, -0.05) is 31.7 Å². The Morgan fingerprint density at radius 2 is 2.25 bits per heavy atom. The Kier molecular flexibility index (Phi) is 3.96. The third kappa shape index (κ3) is 2.68. The maximum absolute atomic E-state index is 12.3. The molecule has 0 aliphatic heterocycles. The summed E-state index contributed by atoms with van der Waals surface area (Å²) < 4.78 is 0. The fourth-order valence-electron chi connectivity index (χ4n) is 1.86. The van der Waals surface area contributed by atoms with Crippen LogP contribution in [0.3, 0.4) is 0 Å². The minimum absolute atomic E-state index is 0.0362. The maximum atomic E-state index is 12.3. The van der Waals surface area contributed by atoms with Gasteiger partial charge < -0.3 is 4.98 Å². The number of H-pyrrole nitrogens is 1. The van der Waals surface area contributed by atoms with Crippen molar-refractivity contribution >= 4 is 44.7 Å². The zero-order valence-corrected chi connectivity index (χ0v) is 13.6. The molecule has 0 unspecified atom stereocenters. The minimum atomic E-state index is -0.0362. The molecule has 3 rings (SSSR count). The van der Waals surface area contributed by atoms with Crippen LogP contribution in [0.1, 0.15) is 13.8 Å². The Balaban J connectivity index is 2.05. The van der Waals surface area contributed by atoms with Crippen LogP contribution in [-0.4, -0.2) is 15.7 Å². The van der Waals surface area contributed by atoms with Crippen molar-refractivity contribution in [2.75, 3.05) is 5.75 Å². The van der Waals surface area contributed by atoms with E-state index in [0.29, 0.717) is 11.3 Å². The van der Waals surface area contributed by atoms with Crippen molar-refractivity contribution in [3.63, 3.8) is 0 Å². The molecule has 1 N–H and O–H groups in total. The molecule has 3 nitrogen and oxygen atoms in total. The van der Waals surface area contributed by atoms with Crippen LogP contribution in [0.4, 0.5) is 0 Å². The molecule has 6 heteroatoms. The van der Waals surface area contributed by atoms with Gasteiger partial charge in [-0.15, -0.1) is 22.7 Å². The monoisotopic (exact) mass is 322 g/mol. The van der Waals surface area contributed by atoms with Gasteiger partial charge in [0, 0.05) is 21.6 Å². The first kappa shape index (κ1) is 13.9. The number of nitrogens with one attached hydrogen (secondary N) is 1. The SMILES string of the molecule is CC(C)CSc1nc2scc(-c3cccs3)c2c(=O)[nH]1. The lowest BCUT2D eigenvalue weighted by atomic mass is 10.2. The van der Waals surface area contributed by atoms with E-state index in [1.807, 2.05) is 22.9 Å². The molecule has 0 aliphatic rings. The normalized spacial score (nSPS) is 11.6. The van der Waals surface area contributed by atoms with E-state index in [1.165, 1.54) is 11.3 Å². The minimum Gasteiger partial charge on any atom is -0.301 e. The zero-order chi connectivity index (χ0) is 14.1. The van der Waals surface area contributed by atoms with E-state index in [0.717, 1.165) is 26.2 Å². The summed E-state index contributed by atoms with van der Waals surface area (Å²) in [5.74, 6) is 1.53. The number of thiophene rings is 2. The second-order valence-electron chi connectivity index (χ2n) is 4.88. The van der Waals surface area contributed by atoms with Crippen LogP contribution in [0.25, 0.3) is 20.7 Å². The summed E-state index contributed by atoms with van der Waals surface area (Å²) in [6.07, 6.45) is 0. The second-order valence-corrected chi connectivity index (χ2v) is 7.70. The van der Waals surface area contributed by atoms with Crippen LogP contribution in [0, 0.1) is 5.92 Å². The molecule has 3 heterocycles. The fraction of sp³-hybridized carbons (Fsp3) is 0.286. The van der Waals surface area contributed by atoms with Gasteiger partial charge in [-0.05, 0) is 17.4 Å². The van der Waals surface area contributed by atoms with Gasteiger partial charge in [-0.2, -0.15) is 0 Å². The molecule has 0 bridgehead atoms. The Labute approximate surface area is 129 Å². The number of hydrogen-bond acceptors (Lipinski definition) is 5. The van der Waals surface area contributed by atoms with E-state index >= 15 is 0 Å². The highest BCUT2D eigenvalue weighted by atomic mass is 32.2. The van der Waals surface area contributed by atoms with Crippen LogP contribution < -0.4 is 5.56 Å². The molecule has 3 aromatic heterocycles. The predicted octanol–water partition coefficient (Wildman–Crippen LogP) is 4.46. The first-order chi connectivity index (χ1) is 9.65. The second kappa shape index (κ2) is 5.71. The van der Waals surface area contributed by atoms with E-state index in [1.54, 1.807) is 23.1 Å². The molecule has 0 saturated heterocycles. The standard InChI is InChI=1S/C14H14N2OS3/c1-8(2)6-20-14-15-12(17)11-9(7-19-13(11)16-14)10-4-3-5-18-10/h3-5,7-8H,6H2,1-2H3,(H,15,16,17). The summed E-state index contributed by atoms with van der Waals surface area (Å²) >= 11 is 4.79. The average molecular weight is 322 g/mol. The summed E-state index contributed by atoms with van der Waals surface area (Å²) in [7, 11) is 0. The molecular weight excluding hydrogens is 308 g/mol. The number of hydrogen-bond donors (Lipinski definition) is 1. The van der Waals surface area contributed by atoms with Crippen molar-refractivity contribution in [3.8, 4) is 10.4 Å². The third-order valence-corrected chi connectivity index (χ3v) is 5.84. The quantitative estimate of drug-likeness (QED) is 0.570. The number of thioether (sulfide) groups is 1. The highest BCUT2D eigenvalue weighted by Gasteiger charge is 2.13. The molecule has 20 heavy (non-hydrogen) atoms. The highest BCUT2D eigenvalue weighted by Crippen LogP contribution is 2.34. The van der Waals surface area contributed by atoms with Crippen molar-refractivity contribution in [2.45, 2.75) is 19.0 Å². The number of aromatic amines is 1. The average Bonchev–Trinajstić information content (AvgIpc) is 3.04. The lowest BCUT2D eigenvalue weighted by Crippen LogP contribution is -2.09. The molecule has 0 saturated carbocycles. The van der Waals surface area contributed by atoms with Gasteiger partial charge in [0.1, 0.15) is 4.83 Å². The van der Waals surface area contributed by atoms with E-state index < -0.39 is 0 Å². The van der Waals surface area contributed by atoms with Gasteiger partial charge in [0.15, 0.2) is 5.16 Å². The molecule has 0 radical (unpaired) electrons. The smallest absolute Gasteiger partial charge is 0.260 e. The number of nitrogens with zero attached hydrogens (tertiary/aromatic N) is 1. The summed E-state index contributed by atoms with van der Waals surface area (Å²) in [6.45, 7) is 4.31. The van der Waals surface area contributed by atoms with Gasteiger partial charge in [0.25, 0.3) is 5.56 Å². The molecule has 3 aromatic rings. The van der Waals surface area contributed by atoms with Crippen molar-refractivity contribution in [2.24, 2.45) is 5.92 Å². The molecule has 0 aromatic carbocycles. The number of aromatic nitrogens is 2. The van der Waals surface area contributed by atoms with Gasteiger partial charge in [-0.25, -0.2) is 4.98 Å². The largest absolute Gasteiger partial charge is 0.301 e. The molecule has 0 spiro atoms. The highest BCUT2D eigenvalue weighted by molar-refractivity contribution is 7.99. The fourth-order valence-corrected chi connectivity index (χ4v) is 4.49. The molecule has 104 valence electrons. The molecule has 0 amide bonds. The summed E-state index contributed by atoms with van der Waals surface area (Å²) in [5, 5.41) is 5.48.